The van der Waals surface area contributed by atoms with E-state index in [-0.39, 0.29) is 40.3 Å². The molecule has 2 atom stereocenters. The number of nitrogens with zero attached hydrogens (tertiary/aromatic N) is 1. The fourth-order valence-electron chi connectivity index (χ4n) is 5.12. The molecule has 2 aliphatic heterocycles. The molecule has 2 heterocycles. The summed E-state index contributed by atoms with van der Waals surface area (Å²) in [4.78, 5) is 13.4. The fourth-order valence-corrected chi connectivity index (χ4v) is 6.81. The summed E-state index contributed by atoms with van der Waals surface area (Å²) in [5.74, 6) is 0.676. The largest absolute Gasteiger partial charge is 0.493 e. The van der Waals surface area contributed by atoms with Crippen LogP contribution in [0.1, 0.15) is 90.0 Å². The van der Waals surface area contributed by atoms with E-state index in [4.69, 9.17) is 4.74 Å². The van der Waals surface area contributed by atoms with Crippen molar-refractivity contribution in [1.29, 1.82) is 0 Å². The van der Waals surface area contributed by atoms with Gasteiger partial charge in [-0.2, -0.15) is 4.31 Å². The van der Waals surface area contributed by atoms with Crippen LogP contribution in [0.2, 0.25) is 0 Å². The van der Waals surface area contributed by atoms with Crippen LogP contribution in [0.25, 0.3) is 0 Å². The molecule has 38 heavy (non-hydrogen) atoms. The second kappa shape index (κ2) is 11.0. The number of nitrogens with one attached hydrogen (secondary N) is 2. The Hall–Kier alpha value is -2.42. The molecule has 1 saturated heterocycles. The zero-order valence-electron chi connectivity index (χ0n) is 23.6. The minimum absolute atomic E-state index is 0.0186. The van der Waals surface area contributed by atoms with E-state index in [1.807, 2.05) is 24.3 Å². The molecule has 0 radical (unpaired) electrons. The highest BCUT2D eigenvalue weighted by Gasteiger charge is 2.37. The Bertz CT molecular complexity index is 1240. The smallest absolute Gasteiger partial charge is 0.243 e. The number of rotatable bonds is 7. The standard InChI is InChI=1S/C30H43N3O4S/c1-29(2,3)22-10-12-24(13-11-22)38(35,36)33-16-7-8-23(33)19-28(34)32-26-15-17-37-27-18-21(9-14-25(26)27)20-31-30(4,5)6/h9-14,18,23,26,31H,7-8,15-17,19-20H2,1-6H3,(H,32,34)/t23-,26+/m0/s1. The molecule has 1 amide bonds. The molecule has 0 unspecified atom stereocenters. The van der Waals surface area contributed by atoms with E-state index in [1.54, 1.807) is 12.1 Å². The minimum Gasteiger partial charge on any atom is -0.493 e. The van der Waals surface area contributed by atoms with Gasteiger partial charge in [0.2, 0.25) is 15.9 Å². The van der Waals surface area contributed by atoms with Gasteiger partial charge in [-0.05, 0) is 68.4 Å². The molecule has 2 aromatic carbocycles. The summed E-state index contributed by atoms with van der Waals surface area (Å²) in [6, 6.07) is 12.8. The number of carbonyl (C=O) groups excluding carboxylic acids is 1. The number of amides is 1. The van der Waals surface area contributed by atoms with Gasteiger partial charge >= 0.3 is 0 Å². The summed E-state index contributed by atoms with van der Waals surface area (Å²) in [6.07, 6.45) is 2.27. The highest BCUT2D eigenvalue weighted by atomic mass is 32.2. The second-order valence-corrected chi connectivity index (χ2v) is 14.5. The maximum atomic E-state index is 13.5. The van der Waals surface area contributed by atoms with Crippen LogP contribution in [0, 0.1) is 0 Å². The van der Waals surface area contributed by atoms with Crippen LogP contribution in [0.3, 0.4) is 0 Å². The highest BCUT2D eigenvalue weighted by Crippen LogP contribution is 2.34. The summed E-state index contributed by atoms with van der Waals surface area (Å²) >= 11 is 0. The van der Waals surface area contributed by atoms with E-state index in [2.05, 4.69) is 58.2 Å². The van der Waals surface area contributed by atoms with Gasteiger partial charge in [-0.25, -0.2) is 8.42 Å². The Labute approximate surface area is 228 Å². The van der Waals surface area contributed by atoms with Gasteiger partial charge in [0.1, 0.15) is 5.75 Å². The van der Waals surface area contributed by atoms with Crippen molar-refractivity contribution in [3.8, 4) is 5.75 Å². The maximum Gasteiger partial charge on any atom is 0.243 e. The lowest BCUT2D eigenvalue weighted by Gasteiger charge is -2.29. The van der Waals surface area contributed by atoms with Crippen LogP contribution in [0.5, 0.6) is 5.75 Å². The first-order chi connectivity index (χ1) is 17.7. The van der Waals surface area contributed by atoms with E-state index in [0.29, 0.717) is 26.0 Å². The third-order valence-corrected chi connectivity index (χ3v) is 9.31. The van der Waals surface area contributed by atoms with Gasteiger partial charge in [0.05, 0.1) is 17.5 Å². The van der Waals surface area contributed by atoms with Gasteiger partial charge in [-0.1, -0.05) is 45.0 Å². The average molecular weight is 542 g/mol. The van der Waals surface area contributed by atoms with E-state index in [9.17, 15) is 13.2 Å². The number of hydrogen-bond donors (Lipinski definition) is 2. The van der Waals surface area contributed by atoms with Crippen molar-refractivity contribution in [3.05, 3.63) is 59.2 Å². The van der Waals surface area contributed by atoms with Crippen LogP contribution < -0.4 is 15.4 Å². The molecule has 2 N–H and O–H groups in total. The molecule has 2 aromatic rings. The van der Waals surface area contributed by atoms with Crippen molar-refractivity contribution in [2.75, 3.05) is 13.2 Å². The monoisotopic (exact) mass is 541 g/mol. The number of carbonyl (C=O) groups is 1. The minimum atomic E-state index is -3.67. The number of hydrogen-bond acceptors (Lipinski definition) is 5. The van der Waals surface area contributed by atoms with Crippen molar-refractivity contribution < 1.29 is 17.9 Å². The summed E-state index contributed by atoms with van der Waals surface area (Å²) in [6.45, 7) is 14.4. The maximum absolute atomic E-state index is 13.5. The summed E-state index contributed by atoms with van der Waals surface area (Å²) in [5.41, 5.74) is 3.16. The van der Waals surface area contributed by atoms with Gasteiger partial charge < -0.3 is 15.4 Å². The SMILES string of the molecule is CC(C)(C)NCc1ccc2c(c1)OCC[C@H]2NC(=O)C[C@@H]1CCCN1S(=O)(=O)c1ccc(C(C)(C)C)cc1. The van der Waals surface area contributed by atoms with Gasteiger partial charge in [0.15, 0.2) is 0 Å². The lowest BCUT2D eigenvalue weighted by atomic mass is 9.87. The van der Waals surface area contributed by atoms with Crippen LogP contribution in [0.15, 0.2) is 47.4 Å². The first-order valence-corrected chi connectivity index (χ1v) is 15.1. The first-order valence-electron chi connectivity index (χ1n) is 13.7. The summed E-state index contributed by atoms with van der Waals surface area (Å²) < 4.78 is 34.4. The molecule has 1 fully saturated rings. The third kappa shape index (κ3) is 6.77. The molecular weight excluding hydrogens is 498 g/mol. The Morgan fingerprint density at radius 2 is 1.74 bits per heavy atom. The second-order valence-electron chi connectivity index (χ2n) is 12.6. The average Bonchev–Trinajstić information content (AvgIpc) is 3.31. The highest BCUT2D eigenvalue weighted by molar-refractivity contribution is 7.89. The topological polar surface area (TPSA) is 87.7 Å². The van der Waals surface area contributed by atoms with E-state index in [1.165, 1.54) is 4.31 Å². The van der Waals surface area contributed by atoms with Gasteiger partial charge in [-0.3, -0.25) is 4.79 Å². The van der Waals surface area contributed by atoms with Crippen molar-refractivity contribution in [2.24, 2.45) is 0 Å². The van der Waals surface area contributed by atoms with E-state index >= 15 is 0 Å². The quantitative estimate of drug-likeness (QED) is 0.512. The Morgan fingerprint density at radius 1 is 1.03 bits per heavy atom. The lowest BCUT2D eigenvalue weighted by molar-refractivity contribution is -0.122. The molecule has 0 saturated carbocycles. The van der Waals surface area contributed by atoms with Crippen LogP contribution in [-0.4, -0.2) is 43.4 Å². The molecule has 0 aliphatic carbocycles. The predicted octanol–water partition coefficient (Wildman–Crippen LogP) is 5.06. The molecular formula is C30H43N3O4S. The fraction of sp³-hybridized carbons (Fsp3) is 0.567. The summed E-state index contributed by atoms with van der Waals surface area (Å²) in [7, 11) is -3.67. The molecule has 2 aliphatic rings. The Balaban J connectivity index is 1.41. The first kappa shape index (κ1) is 28.6. The molecule has 208 valence electrons. The van der Waals surface area contributed by atoms with E-state index in [0.717, 1.165) is 35.4 Å². The van der Waals surface area contributed by atoms with Crippen molar-refractivity contribution >= 4 is 15.9 Å². The predicted molar refractivity (Wildman–Crippen MR) is 151 cm³/mol. The van der Waals surface area contributed by atoms with Gasteiger partial charge in [-0.15, -0.1) is 0 Å². The van der Waals surface area contributed by atoms with Gasteiger partial charge in [0.25, 0.3) is 0 Å². The molecule has 4 rings (SSSR count). The lowest BCUT2D eigenvalue weighted by Crippen LogP contribution is -2.40. The van der Waals surface area contributed by atoms with Crippen molar-refractivity contribution in [2.45, 2.75) is 102 Å². The summed E-state index contributed by atoms with van der Waals surface area (Å²) in [5, 5.41) is 6.64. The molecule has 0 bridgehead atoms. The van der Waals surface area contributed by atoms with Crippen molar-refractivity contribution in [3.63, 3.8) is 0 Å². The van der Waals surface area contributed by atoms with Crippen LogP contribution >= 0.6 is 0 Å². The van der Waals surface area contributed by atoms with Crippen LogP contribution in [0.4, 0.5) is 0 Å². The van der Waals surface area contributed by atoms with Crippen LogP contribution in [-0.2, 0) is 26.8 Å². The molecule has 0 spiro atoms. The van der Waals surface area contributed by atoms with Gasteiger partial charge in [0, 0.05) is 43.1 Å². The molecule has 7 nitrogen and oxygen atoms in total. The zero-order chi connectivity index (χ0) is 27.7. The van der Waals surface area contributed by atoms with Crippen molar-refractivity contribution in [1.82, 2.24) is 14.9 Å². The zero-order valence-corrected chi connectivity index (χ0v) is 24.5. The number of benzene rings is 2. The molecule has 8 heteroatoms. The third-order valence-electron chi connectivity index (χ3n) is 7.35. The Kier molecular flexibility index (Phi) is 8.26. The Morgan fingerprint density at radius 3 is 2.39 bits per heavy atom. The number of ether oxygens (including phenoxy) is 1. The normalized spacial score (nSPS) is 20.6. The number of fused-ring (bicyclic) bond motifs is 1. The number of sulfonamides is 1. The molecule has 0 aromatic heterocycles. The van der Waals surface area contributed by atoms with E-state index < -0.39 is 10.0 Å².